The first-order valence-corrected chi connectivity index (χ1v) is 6.23. The van der Waals surface area contributed by atoms with Crippen LogP contribution in [0.25, 0.3) is 0 Å². The fourth-order valence-corrected chi connectivity index (χ4v) is 2.54. The SMILES string of the molecule is CN(C(=O)C1Cc2ccccc21)c1ccncc1N. The van der Waals surface area contributed by atoms with Crippen LogP contribution in [0, 0.1) is 0 Å². The van der Waals surface area contributed by atoms with E-state index in [1.54, 1.807) is 30.4 Å². The minimum absolute atomic E-state index is 0.0474. The Morgan fingerprint density at radius 2 is 2.16 bits per heavy atom. The molecule has 1 heterocycles. The van der Waals surface area contributed by atoms with E-state index in [1.807, 2.05) is 18.2 Å². The van der Waals surface area contributed by atoms with Gasteiger partial charge in [-0.05, 0) is 23.6 Å². The van der Waals surface area contributed by atoms with Crippen molar-refractivity contribution in [3.63, 3.8) is 0 Å². The van der Waals surface area contributed by atoms with Crippen molar-refractivity contribution in [1.29, 1.82) is 0 Å². The van der Waals surface area contributed by atoms with Gasteiger partial charge in [-0.25, -0.2) is 0 Å². The van der Waals surface area contributed by atoms with Crippen molar-refractivity contribution in [2.24, 2.45) is 0 Å². The molecule has 1 atom stereocenters. The van der Waals surface area contributed by atoms with Gasteiger partial charge in [0.2, 0.25) is 5.91 Å². The van der Waals surface area contributed by atoms with Crippen LogP contribution in [0.1, 0.15) is 17.0 Å². The van der Waals surface area contributed by atoms with Crippen molar-refractivity contribution in [3.8, 4) is 0 Å². The van der Waals surface area contributed by atoms with Gasteiger partial charge in [-0.1, -0.05) is 24.3 Å². The van der Waals surface area contributed by atoms with Gasteiger partial charge in [0, 0.05) is 13.2 Å². The Bertz CT molecular complexity index is 639. The van der Waals surface area contributed by atoms with E-state index >= 15 is 0 Å². The fraction of sp³-hybridized carbons (Fsp3) is 0.200. The third-order valence-corrected chi connectivity index (χ3v) is 3.67. The van der Waals surface area contributed by atoms with E-state index in [0.29, 0.717) is 11.4 Å². The number of nitrogens with two attached hydrogens (primary N) is 1. The number of aromatic nitrogens is 1. The summed E-state index contributed by atoms with van der Waals surface area (Å²) >= 11 is 0. The van der Waals surface area contributed by atoms with Crippen LogP contribution in [0.2, 0.25) is 0 Å². The second kappa shape index (κ2) is 4.39. The summed E-state index contributed by atoms with van der Waals surface area (Å²) in [5, 5.41) is 0. The maximum absolute atomic E-state index is 12.5. The van der Waals surface area contributed by atoms with Gasteiger partial charge in [0.25, 0.3) is 0 Å². The lowest BCUT2D eigenvalue weighted by Crippen LogP contribution is -2.37. The molecule has 0 bridgehead atoms. The van der Waals surface area contributed by atoms with Crippen molar-refractivity contribution in [2.45, 2.75) is 12.3 Å². The smallest absolute Gasteiger partial charge is 0.234 e. The molecule has 1 aliphatic carbocycles. The van der Waals surface area contributed by atoms with Gasteiger partial charge >= 0.3 is 0 Å². The molecule has 19 heavy (non-hydrogen) atoms. The molecule has 1 aliphatic rings. The predicted molar refractivity (Wildman–Crippen MR) is 74.9 cm³/mol. The number of nitrogens with zero attached hydrogens (tertiary/aromatic N) is 2. The predicted octanol–water partition coefficient (Wildman–Crippen LogP) is 1.97. The number of nitrogen functional groups attached to an aromatic ring is 1. The Morgan fingerprint density at radius 3 is 2.89 bits per heavy atom. The maximum Gasteiger partial charge on any atom is 0.234 e. The average Bonchev–Trinajstić information content (AvgIpc) is 2.40. The Balaban J connectivity index is 1.85. The first-order chi connectivity index (χ1) is 9.18. The lowest BCUT2D eigenvalue weighted by atomic mass is 9.77. The molecular weight excluding hydrogens is 238 g/mol. The summed E-state index contributed by atoms with van der Waals surface area (Å²) in [6.07, 6.45) is 4.02. The number of fused-ring (bicyclic) bond motifs is 1. The number of amides is 1. The molecule has 1 unspecified atom stereocenters. The zero-order chi connectivity index (χ0) is 13.4. The summed E-state index contributed by atoms with van der Waals surface area (Å²) in [6, 6.07) is 9.83. The Labute approximate surface area is 111 Å². The number of carbonyl (C=O) groups excluding carboxylic acids is 1. The highest BCUT2D eigenvalue weighted by Crippen LogP contribution is 2.37. The van der Waals surface area contributed by atoms with E-state index in [9.17, 15) is 4.79 Å². The van der Waals surface area contributed by atoms with E-state index in [2.05, 4.69) is 11.1 Å². The standard InChI is InChI=1S/C15H15N3O/c1-18(14-6-7-17-9-13(14)16)15(19)12-8-10-4-2-3-5-11(10)12/h2-7,9,12H,8,16H2,1H3. The molecule has 0 spiro atoms. The number of anilines is 2. The summed E-state index contributed by atoms with van der Waals surface area (Å²) < 4.78 is 0. The van der Waals surface area contributed by atoms with E-state index in [0.717, 1.165) is 12.0 Å². The molecule has 3 rings (SSSR count). The Kier molecular flexibility index (Phi) is 2.71. The summed E-state index contributed by atoms with van der Waals surface area (Å²) in [4.78, 5) is 18.1. The molecule has 0 saturated carbocycles. The molecule has 1 aromatic heterocycles. The van der Waals surface area contributed by atoms with E-state index in [1.165, 1.54) is 5.56 Å². The van der Waals surface area contributed by atoms with Crippen LogP contribution in [0.15, 0.2) is 42.7 Å². The van der Waals surface area contributed by atoms with E-state index in [-0.39, 0.29) is 11.8 Å². The number of rotatable bonds is 2. The lowest BCUT2D eigenvalue weighted by Gasteiger charge is -2.32. The van der Waals surface area contributed by atoms with Crippen molar-refractivity contribution in [2.75, 3.05) is 17.7 Å². The molecule has 2 N–H and O–H groups in total. The van der Waals surface area contributed by atoms with Crippen LogP contribution < -0.4 is 10.6 Å². The number of hydrogen-bond acceptors (Lipinski definition) is 3. The molecule has 0 radical (unpaired) electrons. The zero-order valence-electron chi connectivity index (χ0n) is 10.7. The molecule has 2 aromatic rings. The van der Waals surface area contributed by atoms with Gasteiger partial charge in [0.1, 0.15) is 0 Å². The molecule has 0 saturated heterocycles. The Morgan fingerprint density at radius 1 is 1.37 bits per heavy atom. The first-order valence-electron chi connectivity index (χ1n) is 6.23. The van der Waals surface area contributed by atoms with Gasteiger partial charge in [-0.3, -0.25) is 9.78 Å². The largest absolute Gasteiger partial charge is 0.396 e. The fourth-order valence-electron chi connectivity index (χ4n) is 2.54. The molecule has 96 valence electrons. The maximum atomic E-state index is 12.5. The highest BCUT2D eigenvalue weighted by Gasteiger charge is 2.34. The van der Waals surface area contributed by atoms with Crippen molar-refractivity contribution in [1.82, 2.24) is 4.98 Å². The monoisotopic (exact) mass is 253 g/mol. The average molecular weight is 253 g/mol. The van der Waals surface area contributed by atoms with Gasteiger partial charge in [-0.15, -0.1) is 0 Å². The van der Waals surface area contributed by atoms with Gasteiger partial charge in [0.15, 0.2) is 0 Å². The topological polar surface area (TPSA) is 59.2 Å². The minimum Gasteiger partial charge on any atom is -0.396 e. The third-order valence-electron chi connectivity index (χ3n) is 3.67. The van der Waals surface area contributed by atoms with Crippen molar-refractivity contribution in [3.05, 3.63) is 53.9 Å². The minimum atomic E-state index is -0.0474. The molecule has 0 aliphatic heterocycles. The van der Waals surface area contributed by atoms with Crippen LogP contribution in [-0.4, -0.2) is 17.9 Å². The van der Waals surface area contributed by atoms with E-state index < -0.39 is 0 Å². The second-order valence-corrected chi connectivity index (χ2v) is 4.79. The van der Waals surface area contributed by atoms with Gasteiger partial charge in [-0.2, -0.15) is 0 Å². The molecule has 4 heteroatoms. The van der Waals surface area contributed by atoms with Crippen molar-refractivity contribution < 1.29 is 4.79 Å². The summed E-state index contributed by atoms with van der Waals surface area (Å²) in [6.45, 7) is 0. The quantitative estimate of drug-likeness (QED) is 0.890. The van der Waals surface area contributed by atoms with Crippen LogP contribution in [0.5, 0.6) is 0 Å². The normalized spacial score (nSPS) is 16.4. The first kappa shape index (κ1) is 11.7. The zero-order valence-corrected chi connectivity index (χ0v) is 10.7. The summed E-state index contributed by atoms with van der Waals surface area (Å²) in [5.41, 5.74) is 9.48. The lowest BCUT2D eigenvalue weighted by molar-refractivity contribution is -0.120. The van der Waals surface area contributed by atoms with E-state index in [4.69, 9.17) is 5.73 Å². The summed E-state index contributed by atoms with van der Waals surface area (Å²) in [5.74, 6) is 0.0327. The van der Waals surface area contributed by atoms with Crippen LogP contribution in [-0.2, 0) is 11.2 Å². The second-order valence-electron chi connectivity index (χ2n) is 4.79. The molecule has 0 fully saturated rings. The number of benzene rings is 1. The molecule has 1 amide bonds. The number of carbonyl (C=O) groups is 1. The molecule has 1 aromatic carbocycles. The third kappa shape index (κ3) is 1.85. The molecule has 4 nitrogen and oxygen atoms in total. The van der Waals surface area contributed by atoms with Gasteiger partial charge < -0.3 is 10.6 Å². The Hall–Kier alpha value is -2.36. The highest BCUT2D eigenvalue weighted by atomic mass is 16.2. The number of pyridine rings is 1. The van der Waals surface area contributed by atoms with Crippen LogP contribution >= 0.6 is 0 Å². The van der Waals surface area contributed by atoms with Crippen LogP contribution in [0.4, 0.5) is 11.4 Å². The molecular formula is C15H15N3O. The van der Waals surface area contributed by atoms with Crippen LogP contribution in [0.3, 0.4) is 0 Å². The number of hydrogen-bond donors (Lipinski definition) is 1. The number of likely N-dealkylation sites (N-methyl/N-ethyl adjacent to an activating group) is 1. The van der Waals surface area contributed by atoms with Gasteiger partial charge in [0.05, 0.1) is 23.5 Å². The van der Waals surface area contributed by atoms with Crippen molar-refractivity contribution >= 4 is 17.3 Å². The summed E-state index contributed by atoms with van der Waals surface area (Å²) in [7, 11) is 1.76. The highest BCUT2D eigenvalue weighted by molar-refractivity contribution is 6.01.